The van der Waals surface area contributed by atoms with Crippen molar-refractivity contribution in [2.75, 3.05) is 7.05 Å². The topological polar surface area (TPSA) is 12.0 Å². The molecule has 0 fully saturated rings. The molecule has 2 rings (SSSR count). The summed E-state index contributed by atoms with van der Waals surface area (Å²) >= 11 is 0. The van der Waals surface area contributed by atoms with E-state index in [4.69, 9.17) is 0 Å². The third kappa shape index (κ3) is 3.29. The molecule has 1 nitrogen and oxygen atoms in total. The van der Waals surface area contributed by atoms with Crippen LogP contribution in [0.15, 0.2) is 36.4 Å². The third-order valence-corrected chi connectivity index (χ3v) is 4.16. The average Bonchev–Trinajstić information content (AvgIpc) is 2.41. The van der Waals surface area contributed by atoms with Crippen molar-refractivity contribution in [3.63, 3.8) is 0 Å². The van der Waals surface area contributed by atoms with Gasteiger partial charge in [-0.25, -0.2) is 0 Å². The molecule has 0 radical (unpaired) electrons. The van der Waals surface area contributed by atoms with E-state index in [1.165, 1.54) is 33.4 Å². The first-order chi connectivity index (χ1) is 9.51. The van der Waals surface area contributed by atoms with Crippen LogP contribution in [-0.4, -0.2) is 7.05 Å². The van der Waals surface area contributed by atoms with Gasteiger partial charge in [-0.3, -0.25) is 0 Å². The molecule has 1 N–H and O–H groups in total. The van der Waals surface area contributed by atoms with E-state index in [2.05, 4.69) is 69.4 Å². The smallest absolute Gasteiger partial charge is 0.0361 e. The van der Waals surface area contributed by atoms with Gasteiger partial charge in [0.25, 0.3) is 0 Å². The Bertz CT molecular complexity index is 599. The first-order valence-corrected chi connectivity index (χ1v) is 7.32. The second kappa shape index (κ2) is 6.23. The van der Waals surface area contributed by atoms with Gasteiger partial charge in [-0.1, -0.05) is 42.0 Å². The summed E-state index contributed by atoms with van der Waals surface area (Å²) in [5.41, 5.74) is 8.23. The Hall–Kier alpha value is -1.60. The van der Waals surface area contributed by atoms with Crippen LogP contribution in [0.3, 0.4) is 0 Å². The zero-order valence-electron chi connectivity index (χ0n) is 13.2. The molecule has 2 aromatic rings. The molecule has 0 saturated heterocycles. The number of nitrogens with one attached hydrogen (secondary N) is 1. The molecule has 0 saturated carbocycles. The molecule has 0 aliphatic rings. The molecular formula is C19H25N. The summed E-state index contributed by atoms with van der Waals surface area (Å²) in [5.74, 6) is 0. The van der Waals surface area contributed by atoms with E-state index in [-0.39, 0.29) is 0 Å². The lowest BCUT2D eigenvalue weighted by Crippen LogP contribution is -2.20. The number of rotatable bonds is 4. The maximum Gasteiger partial charge on any atom is 0.0361 e. The molecule has 0 amide bonds. The van der Waals surface area contributed by atoms with Crippen LogP contribution in [0.25, 0.3) is 0 Å². The van der Waals surface area contributed by atoms with E-state index in [1.54, 1.807) is 0 Å². The lowest BCUT2D eigenvalue weighted by Gasteiger charge is -2.20. The highest BCUT2D eigenvalue weighted by molar-refractivity contribution is 5.35. The van der Waals surface area contributed by atoms with Crippen LogP contribution in [-0.2, 0) is 6.42 Å². The zero-order chi connectivity index (χ0) is 14.7. The fourth-order valence-electron chi connectivity index (χ4n) is 2.75. The molecule has 0 bridgehead atoms. The van der Waals surface area contributed by atoms with E-state index in [9.17, 15) is 0 Å². The first kappa shape index (κ1) is 14.8. The van der Waals surface area contributed by atoms with Gasteiger partial charge in [-0.05, 0) is 69.0 Å². The molecule has 0 spiro atoms. The van der Waals surface area contributed by atoms with E-state index in [0.717, 1.165) is 6.42 Å². The van der Waals surface area contributed by atoms with Gasteiger partial charge in [0.05, 0.1) is 0 Å². The van der Waals surface area contributed by atoms with Crippen LogP contribution in [0, 0.1) is 27.7 Å². The first-order valence-electron chi connectivity index (χ1n) is 7.32. The molecule has 1 unspecified atom stereocenters. The molecule has 0 aromatic heterocycles. The number of hydrogen-bond donors (Lipinski definition) is 1. The number of benzene rings is 2. The summed E-state index contributed by atoms with van der Waals surface area (Å²) in [6.07, 6.45) is 1.03. The van der Waals surface area contributed by atoms with Crippen molar-refractivity contribution >= 4 is 0 Å². The van der Waals surface area contributed by atoms with Gasteiger partial charge < -0.3 is 5.32 Å². The molecule has 20 heavy (non-hydrogen) atoms. The van der Waals surface area contributed by atoms with Gasteiger partial charge in [0.2, 0.25) is 0 Å². The van der Waals surface area contributed by atoms with Crippen molar-refractivity contribution in [3.8, 4) is 0 Å². The van der Waals surface area contributed by atoms with Crippen molar-refractivity contribution < 1.29 is 0 Å². The predicted molar refractivity (Wildman–Crippen MR) is 87.3 cm³/mol. The molecule has 2 aromatic carbocycles. The third-order valence-electron chi connectivity index (χ3n) is 4.16. The fourth-order valence-corrected chi connectivity index (χ4v) is 2.75. The Balaban J connectivity index is 2.26. The minimum absolute atomic E-state index is 0.373. The van der Waals surface area contributed by atoms with E-state index in [1.807, 2.05) is 7.05 Å². The van der Waals surface area contributed by atoms with Gasteiger partial charge in [0.1, 0.15) is 0 Å². The Morgan fingerprint density at radius 1 is 0.850 bits per heavy atom. The molecule has 106 valence electrons. The Kier molecular flexibility index (Phi) is 4.61. The predicted octanol–water partition coefficient (Wildman–Crippen LogP) is 4.42. The van der Waals surface area contributed by atoms with Gasteiger partial charge in [0, 0.05) is 6.04 Å². The van der Waals surface area contributed by atoms with Crippen LogP contribution in [0.1, 0.15) is 39.4 Å². The second-order valence-corrected chi connectivity index (χ2v) is 5.82. The summed E-state index contributed by atoms with van der Waals surface area (Å²) < 4.78 is 0. The quantitative estimate of drug-likeness (QED) is 0.864. The van der Waals surface area contributed by atoms with Crippen molar-refractivity contribution in [2.45, 2.75) is 40.2 Å². The van der Waals surface area contributed by atoms with Crippen LogP contribution in [0.4, 0.5) is 0 Å². The SMILES string of the molecule is CNC(Cc1ccc(C)c(C)c1)c1ccc(C)cc1C. The minimum Gasteiger partial charge on any atom is -0.313 e. The Morgan fingerprint density at radius 2 is 1.60 bits per heavy atom. The normalized spacial score (nSPS) is 12.4. The second-order valence-electron chi connectivity index (χ2n) is 5.82. The van der Waals surface area contributed by atoms with Gasteiger partial charge in [-0.15, -0.1) is 0 Å². The summed E-state index contributed by atoms with van der Waals surface area (Å²) in [7, 11) is 2.05. The van der Waals surface area contributed by atoms with Gasteiger partial charge in [-0.2, -0.15) is 0 Å². The standard InChI is InChI=1S/C19H25N/c1-13-6-9-18(16(4)10-13)19(20-5)12-17-8-7-14(2)15(3)11-17/h6-11,19-20H,12H2,1-5H3. The monoisotopic (exact) mass is 267 g/mol. The van der Waals surface area contributed by atoms with Crippen LogP contribution < -0.4 is 5.32 Å². The van der Waals surface area contributed by atoms with Gasteiger partial charge >= 0.3 is 0 Å². The molecular weight excluding hydrogens is 242 g/mol. The lowest BCUT2D eigenvalue weighted by atomic mass is 9.93. The maximum absolute atomic E-state index is 3.46. The zero-order valence-corrected chi connectivity index (χ0v) is 13.2. The molecule has 0 heterocycles. The summed E-state index contributed by atoms with van der Waals surface area (Å²) in [6, 6.07) is 13.9. The lowest BCUT2D eigenvalue weighted by molar-refractivity contribution is 0.588. The highest BCUT2D eigenvalue weighted by atomic mass is 14.9. The van der Waals surface area contributed by atoms with Gasteiger partial charge in [0.15, 0.2) is 0 Å². The molecule has 0 aliphatic carbocycles. The van der Waals surface area contributed by atoms with Crippen molar-refractivity contribution in [2.24, 2.45) is 0 Å². The number of aryl methyl sites for hydroxylation is 4. The van der Waals surface area contributed by atoms with Crippen LogP contribution in [0.2, 0.25) is 0 Å². The van der Waals surface area contributed by atoms with Crippen molar-refractivity contribution in [1.29, 1.82) is 0 Å². The van der Waals surface area contributed by atoms with E-state index in [0.29, 0.717) is 6.04 Å². The fraction of sp³-hybridized carbons (Fsp3) is 0.368. The summed E-state index contributed by atoms with van der Waals surface area (Å²) in [6.45, 7) is 8.70. The van der Waals surface area contributed by atoms with Crippen LogP contribution in [0.5, 0.6) is 0 Å². The summed E-state index contributed by atoms with van der Waals surface area (Å²) in [4.78, 5) is 0. The molecule has 0 aliphatic heterocycles. The number of likely N-dealkylation sites (N-methyl/N-ethyl adjacent to an activating group) is 1. The molecule has 1 atom stereocenters. The molecule has 1 heteroatoms. The number of hydrogen-bond acceptors (Lipinski definition) is 1. The largest absolute Gasteiger partial charge is 0.313 e. The van der Waals surface area contributed by atoms with E-state index >= 15 is 0 Å². The van der Waals surface area contributed by atoms with Crippen molar-refractivity contribution in [3.05, 3.63) is 69.8 Å². The Morgan fingerprint density at radius 3 is 2.20 bits per heavy atom. The van der Waals surface area contributed by atoms with Crippen molar-refractivity contribution in [1.82, 2.24) is 5.32 Å². The van der Waals surface area contributed by atoms with E-state index < -0.39 is 0 Å². The summed E-state index contributed by atoms with van der Waals surface area (Å²) in [5, 5.41) is 3.46. The Labute approximate surface area is 123 Å². The highest BCUT2D eigenvalue weighted by Crippen LogP contribution is 2.23. The average molecular weight is 267 g/mol. The van der Waals surface area contributed by atoms with Crippen LogP contribution >= 0.6 is 0 Å². The maximum atomic E-state index is 3.46. The highest BCUT2D eigenvalue weighted by Gasteiger charge is 2.13. The minimum atomic E-state index is 0.373.